The number of benzene rings is 2. The van der Waals surface area contributed by atoms with E-state index in [1.165, 1.54) is 48.5 Å². The fourth-order valence-corrected chi connectivity index (χ4v) is 3.10. The Hall–Kier alpha value is -2.69. The van der Waals surface area contributed by atoms with Crippen molar-refractivity contribution in [1.82, 2.24) is 0 Å². The summed E-state index contributed by atoms with van der Waals surface area (Å²) in [6.07, 6.45) is 0. The summed E-state index contributed by atoms with van der Waals surface area (Å²) in [7, 11) is -3.71. The van der Waals surface area contributed by atoms with Crippen LogP contribution in [0, 0.1) is 11.3 Å². The molecule has 0 spiro atoms. The van der Waals surface area contributed by atoms with Crippen LogP contribution in [0.4, 0.5) is 5.69 Å². The minimum Gasteiger partial charge on any atom is -0.325 e. The third kappa shape index (κ3) is 3.31. The summed E-state index contributed by atoms with van der Waals surface area (Å²) < 4.78 is 24.9. The van der Waals surface area contributed by atoms with Crippen LogP contribution >= 0.6 is 0 Å². The van der Waals surface area contributed by atoms with E-state index in [9.17, 15) is 13.2 Å². The van der Waals surface area contributed by atoms with E-state index in [4.69, 9.17) is 11.0 Å². The van der Waals surface area contributed by atoms with Gasteiger partial charge in [0.1, 0.15) is 0 Å². The molecule has 0 saturated carbocycles. The smallest absolute Gasteiger partial charge is 0.238 e. The molecule has 0 aliphatic carbocycles. The summed E-state index contributed by atoms with van der Waals surface area (Å²) in [6.45, 7) is -0.152. The van der Waals surface area contributed by atoms with Crippen molar-refractivity contribution in [2.45, 2.75) is 9.79 Å². The van der Waals surface area contributed by atoms with Gasteiger partial charge in [-0.2, -0.15) is 5.26 Å². The van der Waals surface area contributed by atoms with E-state index in [-0.39, 0.29) is 27.8 Å². The molecule has 2 rings (SSSR count). The van der Waals surface area contributed by atoms with Gasteiger partial charge in [-0.1, -0.05) is 6.07 Å². The Labute approximate surface area is 128 Å². The zero-order valence-electron chi connectivity index (χ0n) is 11.5. The molecule has 0 aromatic heterocycles. The van der Waals surface area contributed by atoms with Crippen LogP contribution in [-0.2, 0) is 14.6 Å². The molecule has 2 aromatic rings. The summed E-state index contributed by atoms with van der Waals surface area (Å²) in [4.78, 5) is 11.3. The third-order valence-electron chi connectivity index (χ3n) is 2.91. The van der Waals surface area contributed by atoms with Crippen LogP contribution in [0.25, 0.3) is 0 Å². The van der Waals surface area contributed by atoms with Crippen LogP contribution in [0.2, 0.25) is 0 Å². The molecule has 3 N–H and O–H groups in total. The molecule has 1 amide bonds. The molecule has 0 unspecified atom stereocenters. The number of hydrogen-bond acceptors (Lipinski definition) is 5. The molecular formula is C15H13N3O3S. The number of carbonyl (C=O) groups is 1. The summed E-state index contributed by atoms with van der Waals surface area (Å²) in [6, 6.07) is 13.4. The lowest BCUT2D eigenvalue weighted by molar-refractivity contribution is -0.114. The van der Waals surface area contributed by atoms with Crippen molar-refractivity contribution < 1.29 is 13.2 Å². The Morgan fingerprint density at radius 1 is 1.14 bits per heavy atom. The van der Waals surface area contributed by atoms with Crippen LogP contribution in [-0.4, -0.2) is 20.9 Å². The molecule has 0 bridgehead atoms. The van der Waals surface area contributed by atoms with Gasteiger partial charge in [-0.15, -0.1) is 0 Å². The van der Waals surface area contributed by atoms with Crippen molar-refractivity contribution >= 4 is 21.4 Å². The maximum absolute atomic E-state index is 12.5. The van der Waals surface area contributed by atoms with Gasteiger partial charge in [0.05, 0.1) is 28.0 Å². The number of amides is 1. The van der Waals surface area contributed by atoms with Gasteiger partial charge < -0.3 is 11.1 Å². The molecule has 2 aromatic carbocycles. The van der Waals surface area contributed by atoms with Gasteiger partial charge in [0, 0.05) is 5.69 Å². The minimum absolute atomic E-state index is 0.0466. The zero-order valence-corrected chi connectivity index (χ0v) is 12.3. The van der Waals surface area contributed by atoms with E-state index < -0.39 is 9.84 Å². The predicted octanol–water partition coefficient (Wildman–Crippen LogP) is 1.29. The number of anilines is 1. The number of nitriles is 1. The minimum atomic E-state index is -3.71. The van der Waals surface area contributed by atoms with Crippen molar-refractivity contribution in [3.05, 3.63) is 54.1 Å². The quantitative estimate of drug-likeness (QED) is 0.882. The first kappa shape index (κ1) is 15.7. The predicted molar refractivity (Wildman–Crippen MR) is 80.7 cm³/mol. The van der Waals surface area contributed by atoms with Crippen LogP contribution in [0.5, 0.6) is 0 Å². The van der Waals surface area contributed by atoms with E-state index in [0.717, 1.165) is 0 Å². The van der Waals surface area contributed by atoms with E-state index in [0.29, 0.717) is 5.69 Å². The Balaban J connectivity index is 2.34. The summed E-state index contributed by atoms with van der Waals surface area (Å²) in [5.74, 6) is -0.364. The van der Waals surface area contributed by atoms with Crippen LogP contribution < -0.4 is 11.1 Å². The lowest BCUT2D eigenvalue weighted by Crippen LogP contribution is -2.21. The van der Waals surface area contributed by atoms with Crippen LogP contribution in [0.3, 0.4) is 0 Å². The highest BCUT2D eigenvalue weighted by Gasteiger charge is 2.18. The number of sulfone groups is 1. The normalized spacial score (nSPS) is 10.7. The van der Waals surface area contributed by atoms with Gasteiger partial charge in [-0.05, 0) is 42.5 Å². The van der Waals surface area contributed by atoms with Crippen molar-refractivity contribution in [2.75, 3.05) is 11.9 Å². The fraction of sp³-hybridized carbons (Fsp3) is 0.0667. The highest BCUT2D eigenvalue weighted by Crippen LogP contribution is 2.23. The number of rotatable bonds is 4. The summed E-state index contributed by atoms with van der Waals surface area (Å²) >= 11 is 0. The lowest BCUT2D eigenvalue weighted by Gasteiger charge is -2.07. The SMILES string of the molecule is N#Cc1cccc(S(=O)(=O)c2ccc(NC(=O)CN)cc2)c1. The molecule has 0 fully saturated rings. The average molecular weight is 315 g/mol. The Kier molecular flexibility index (Phi) is 4.56. The highest BCUT2D eigenvalue weighted by atomic mass is 32.2. The lowest BCUT2D eigenvalue weighted by atomic mass is 10.2. The molecule has 22 heavy (non-hydrogen) atoms. The molecule has 6 nitrogen and oxygen atoms in total. The summed E-state index contributed by atoms with van der Waals surface area (Å²) in [5, 5.41) is 11.4. The highest BCUT2D eigenvalue weighted by molar-refractivity contribution is 7.91. The second-order valence-corrected chi connectivity index (χ2v) is 6.37. The second-order valence-electron chi connectivity index (χ2n) is 4.42. The molecule has 112 valence electrons. The van der Waals surface area contributed by atoms with Crippen LogP contribution in [0.1, 0.15) is 5.56 Å². The molecule has 0 heterocycles. The standard InChI is InChI=1S/C15H13N3O3S/c16-9-11-2-1-3-14(8-11)22(20,21)13-6-4-12(5-7-13)18-15(19)10-17/h1-8H,10,17H2,(H,18,19). The van der Waals surface area contributed by atoms with Crippen molar-refractivity contribution in [1.29, 1.82) is 5.26 Å². The zero-order chi connectivity index (χ0) is 16.2. The summed E-state index contributed by atoms with van der Waals surface area (Å²) in [5.41, 5.74) is 5.92. The second kappa shape index (κ2) is 6.39. The van der Waals surface area contributed by atoms with E-state index in [2.05, 4.69) is 5.32 Å². The number of nitrogens with one attached hydrogen (secondary N) is 1. The molecule has 0 saturated heterocycles. The molecule has 7 heteroatoms. The van der Waals surface area contributed by atoms with Crippen molar-refractivity contribution in [3.8, 4) is 6.07 Å². The van der Waals surface area contributed by atoms with Gasteiger partial charge in [-0.3, -0.25) is 4.79 Å². The Bertz CT molecular complexity index is 837. The molecule has 0 aliphatic rings. The number of nitrogens with zero attached hydrogens (tertiary/aromatic N) is 1. The van der Waals surface area contributed by atoms with Gasteiger partial charge in [-0.25, -0.2) is 8.42 Å². The first-order valence-corrected chi connectivity index (χ1v) is 7.81. The average Bonchev–Trinajstić information content (AvgIpc) is 2.55. The Morgan fingerprint density at radius 2 is 1.82 bits per heavy atom. The van der Waals surface area contributed by atoms with Gasteiger partial charge >= 0.3 is 0 Å². The van der Waals surface area contributed by atoms with Gasteiger partial charge in [0.15, 0.2) is 0 Å². The third-order valence-corrected chi connectivity index (χ3v) is 4.67. The molecular weight excluding hydrogens is 302 g/mol. The molecule has 0 aliphatic heterocycles. The monoisotopic (exact) mass is 315 g/mol. The largest absolute Gasteiger partial charge is 0.325 e. The van der Waals surface area contributed by atoms with E-state index in [1.54, 1.807) is 0 Å². The maximum Gasteiger partial charge on any atom is 0.238 e. The van der Waals surface area contributed by atoms with Crippen LogP contribution in [0.15, 0.2) is 58.3 Å². The van der Waals surface area contributed by atoms with Crippen molar-refractivity contribution in [3.63, 3.8) is 0 Å². The Morgan fingerprint density at radius 3 is 2.41 bits per heavy atom. The maximum atomic E-state index is 12.5. The number of carbonyl (C=O) groups excluding carboxylic acids is 1. The number of hydrogen-bond donors (Lipinski definition) is 2. The van der Waals surface area contributed by atoms with E-state index >= 15 is 0 Å². The van der Waals surface area contributed by atoms with E-state index in [1.807, 2.05) is 6.07 Å². The first-order valence-electron chi connectivity index (χ1n) is 6.32. The first-order chi connectivity index (χ1) is 10.5. The topological polar surface area (TPSA) is 113 Å². The van der Waals surface area contributed by atoms with Gasteiger partial charge in [0.2, 0.25) is 15.7 Å². The molecule has 0 radical (unpaired) electrons. The van der Waals surface area contributed by atoms with Crippen molar-refractivity contribution in [2.24, 2.45) is 5.73 Å². The molecule has 0 atom stereocenters. The fourth-order valence-electron chi connectivity index (χ4n) is 1.80. The van der Waals surface area contributed by atoms with Gasteiger partial charge in [0.25, 0.3) is 0 Å². The number of nitrogens with two attached hydrogens (primary N) is 1.